The third-order valence-corrected chi connectivity index (χ3v) is 2.98. The first-order valence-corrected chi connectivity index (χ1v) is 6.58. The van der Waals surface area contributed by atoms with Gasteiger partial charge in [0.1, 0.15) is 5.82 Å². The van der Waals surface area contributed by atoms with E-state index in [4.69, 9.17) is 11.0 Å². The Morgan fingerprint density at radius 3 is 2.60 bits per heavy atom. The first-order valence-electron chi connectivity index (χ1n) is 6.58. The Bertz CT molecular complexity index is 540. The number of hydrogen-bond donors (Lipinski definition) is 1. The van der Waals surface area contributed by atoms with Gasteiger partial charge in [0.15, 0.2) is 0 Å². The van der Waals surface area contributed by atoms with Gasteiger partial charge in [-0.2, -0.15) is 5.26 Å². The van der Waals surface area contributed by atoms with Crippen molar-refractivity contribution in [1.29, 1.82) is 5.26 Å². The molecular weight excluding hydrogens is 252 g/mol. The number of anilines is 1. The number of nitrogens with two attached hydrogens (primary N) is 1. The summed E-state index contributed by atoms with van der Waals surface area (Å²) in [6.45, 7) is 8.23. The highest BCUT2D eigenvalue weighted by molar-refractivity contribution is 5.94. The van der Waals surface area contributed by atoms with Crippen LogP contribution in [0, 0.1) is 17.2 Å². The van der Waals surface area contributed by atoms with Gasteiger partial charge < -0.3 is 10.6 Å². The van der Waals surface area contributed by atoms with E-state index in [0.717, 1.165) is 5.69 Å². The lowest BCUT2D eigenvalue weighted by molar-refractivity contribution is 0.0785. The summed E-state index contributed by atoms with van der Waals surface area (Å²) in [5.74, 6) is -0.0144. The number of nitrogens with zero attached hydrogens (tertiary/aromatic N) is 3. The number of carbonyl (C=O) groups excluding carboxylic acids is 1. The van der Waals surface area contributed by atoms with Crippen molar-refractivity contribution >= 4 is 11.7 Å². The highest BCUT2D eigenvalue weighted by atomic mass is 16.2. The lowest BCUT2D eigenvalue weighted by Crippen LogP contribution is -2.31. The van der Waals surface area contributed by atoms with E-state index in [9.17, 15) is 4.79 Å². The maximum Gasteiger partial charge on any atom is 0.253 e. The van der Waals surface area contributed by atoms with E-state index in [1.807, 2.05) is 20.8 Å². The third-order valence-electron chi connectivity index (χ3n) is 2.98. The Kier molecular flexibility index (Phi) is 4.72. The molecule has 5 nitrogen and oxygen atoms in total. The summed E-state index contributed by atoms with van der Waals surface area (Å²) in [6, 6.07) is 5.46. The van der Waals surface area contributed by atoms with Gasteiger partial charge in [-0.1, -0.05) is 20.8 Å². The molecule has 0 spiro atoms. The van der Waals surface area contributed by atoms with Crippen molar-refractivity contribution in [2.45, 2.75) is 33.1 Å². The van der Waals surface area contributed by atoms with Crippen molar-refractivity contribution < 1.29 is 4.79 Å². The van der Waals surface area contributed by atoms with Crippen LogP contribution in [-0.2, 0) is 5.41 Å². The predicted octanol–water partition coefficient (Wildman–Crippen LogP) is 2.19. The van der Waals surface area contributed by atoms with Crippen molar-refractivity contribution in [3.8, 4) is 6.07 Å². The lowest BCUT2D eigenvalue weighted by Gasteiger charge is -2.22. The SMILES string of the molecule is CC(C#N)CN(C)C(=O)c1cc(N)nc(C(C)(C)C)c1. The Hall–Kier alpha value is -2.09. The van der Waals surface area contributed by atoms with Crippen LogP contribution in [0.15, 0.2) is 12.1 Å². The van der Waals surface area contributed by atoms with E-state index < -0.39 is 0 Å². The van der Waals surface area contributed by atoms with Crippen LogP contribution in [0.25, 0.3) is 0 Å². The number of pyridine rings is 1. The maximum absolute atomic E-state index is 12.4. The van der Waals surface area contributed by atoms with E-state index in [1.54, 1.807) is 26.1 Å². The van der Waals surface area contributed by atoms with Crippen LogP contribution in [0.5, 0.6) is 0 Å². The number of amides is 1. The Balaban J connectivity index is 3.05. The van der Waals surface area contributed by atoms with Crippen LogP contribution in [0.3, 0.4) is 0 Å². The molecule has 0 aromatic carbocycles. The van der Waals surface area contributed by atoms with E-state index >= 15 is 0 Å². The van der Waals surface area contributed by atoms with Crippen molar-refractivity contribution in [3.05, 3.63) is 23.4 Å². The van der Waals surface area contributed by atoms with Gasteiger partial charge in [0, 0.05) is 30.3 Å². The van der Waals surface area contributed by atoms with Gasteiger partial charge in [0.05, 0.1) is 12.0 Å². The fourth-order valence-corrected chi connectivity index (χ4v) is 1.81. The monoisotopic (exact) mass is 274 g/mol. The molecule has 0 radical (unpaired) electrons. The second-order valence-corrected chi connectivity index (χ2v) is 6.13. The van der Waals surface area contributed by atoms with Gasteiger partial charge >= 0.3 is 0 Å². The van der Waals surface area contributed by atoms with Crippen LogP contribution in [-0.4, -0.2) is 29.4 Å². The number of nitrogen functional groups attached to an aromatic ring is 1. The summed E-state index contributed by atoms with van der Waals surface area (Å²) >= 11 is 0. The molecule has 1 aromatic rings. The number of hydrogen-bond acceptors (Lipinski definition) is 4. The quantitative estimate of drug-likeness (QED) is 0.915. The zero-order chi connectivity index (χ0) is 15.5. The lowest BCUT2D eigenvalue weighted by atomic mass is 9.90. The molecule has 0 aliphatic rings. The van der Waals surface area contributed by atoms with Crippen molar-refractivity contribution in [2.24, 2.45) is 5.92 Å². The third kappa shape index (κ3) is 3.95. The standard InChI is InChI=1S/C15H22N4O/c1-10(8-16)9-19(5)14(20)11-6-12(15(2,3)4)18-13(17)7-11/h6-7,10H,9H2,1-5H3,(H2,17,18). The van der Waals surface area contributed by atoms with Crippen molar-refractivity contribution in [1.82, 2.24) is 9.88 Å². The molecule has 1 aromatic heterocycles. The van der Waals surface area contributed by atoms with Crippen LogP contribution in [0.1, 0.15) is 43.7 Å². The zero-order valence-corrected chi connectivity index (χ0v) is 12.8. The molecule has 1 atom stereocenters. The van der Waals surface area contributed by atoms with E-state index in [0.29, 0.717) is 17.9 Å². The van der Waals surface area contributed by atoms with Gasteiger partial charge in [-0.3, -0.25) is 4.79 Å². The normalized spacial score (nSPS) is 12.6. The molecule has 2 N–H and O–H groups in total. The summed E-state index contributed by atoms with van der Waals surface area (Å²) in [4.78, 5) is 18.2. The maximum atomic E-state index is 12.4. The fourth-order valence-electron chi connectivity index (χ4n) is 1.81. The van der Waals surface area contributed by atoms with E-state index in [2.05, 4.69) is 11.1 Å². The first kappa shape index (κ1) is 16.0. The minimum atomic E-state index is -0.203. The fraction of sp³-hybridized carbons (Fsp3) is 0.533. The molecule has 0 saturated heterocycles. The number of nitriles is 1. The van der Waals surface area contributed by atoms with Gasteiger partial charge in [-0.05, 0) is 19.1 Å². The van der Waals surface area contributed by atoms with Crippen molar-refractivity contribution in [3.63, 3.8) is 0 Å². The minimum Gasteiger partial charge on any atom is -0.384 e. The summed E-state index contributed by atoms with van der Waals surface area (Å²) in [5, 5.41) is 8.81. The van der Waals surface area contributed by atoms with Crippen LogP contribution in [0.2, 0.25) is 0 Å². The molecule has 0 fully saturated rings. The predicted molar refractivity (Wildman–Crippen MR) is 79.1 cm³/mol. The summed E-state index contributed by atoms with van der Waals surface area (Å²) < 4.78 is 0. The topological polar surface area (TPSA) is 83.0 Å². The molecule has 5 heteroatoms. The Labute approximate surface area is 120 Å². The average Bonchev–Trinajstić information content (AvgIpc) is 2.35. The smallest absolute Gasteiger partial charge is 0.253 e. The van der Waals surface area contributed by atoms with Crippen molar-refractivity contribution in [2.75, 3.05) is 19.3 Å². The number of carbonyl (C=O) groups is 1. The van der Waals surface area contributed by atoms with Crippen LogP contribution < -0.4 is 5.73 Å². The molecule has 1 rings (SSSR count). The second-order valence-electron chi connectivity index (χ2n) is 6.13. The minimum absolute atomic E-state index is 0.147. The second kappa shape index (κ2) is 5.91. The number of rotatable bonds is 3. The zero-order valence-electron chi connectivity index (χ0n) is 12.8. The molecule has 0 bridgehead atoms. The van der Waals surface area contributed by atoms with Gasteiger partial charge in [0.25, 0.3) is 5.91 Å². The molecular formula is C15H22N4O. The van der Waals surface area contributed by atoms with E-state index in [1.165, 1.54) is 4.90 Å². The van der Waals surface area contributed by atoms with Gasteiger partial charge in [0.2, 0.25) is 0 Å². The average molecular weight is 274 g/mol. The molecule has 1 heterocycles. The van der Waals surface area contributed by atoms with Crippen LogP contribution >= 0.6 is 0 Å². The molecule has 0 saturated carbocycles. The molecule has 1 amide bonds. The highest BCUT2D eigenvalue weighted by Gasteiger charge is 2.20. The van der Waals surface area contributed by atoms with Crippen LogP contribution in [0.4, 0.5) is 5.82 Å². The summed E-state index contributed by atoms with van der Waals surface area (Å²) in [5.41, 5.74) is 6.90. The first-order chi connectivity index (χ1) is 9.15. The van der Waals surface area contributed by atoms with E-state index in [-0.39, 0.29) is 17.2 Å². The molecule has 0 aliphatic carbocycles. The Morgan fingerprint density at radius 2 is 2.10 bits per heavy atom. The Morgan fingerprint density at radius 1 is 1.50 bits per heavy atom. The largest absolute Gasteiger partial charge is 0.384 e. The molecule has 0 aliphatic heterocycles. The molecule has 108 valence electrons. The summed E-state index contributed by atoms with van der Waals surface area (Å²) in [6.07, 6.45) is 0. The van der Waals surface area contributed by atoms with Gasteiger partial charge in [-0.15, -0.1) is 0 Å². The molecule has 1 unspecified atom stereocenters. The number of aromatic nitrogens is 1. The highest BCUT2D eigenvalue weighted by Crippen LogP contribution is 2.23. The van der Waals surface area contributed by atoms with Gasteiger partial charge in [-0.25, -0.2) is 4.98 Å². The molecule has 20 heavy (non-hydrogen) atoms. The summed E-state index contributed by atoms with van der Waals surface area (Å²) in [7, 11) is 1.68.